The second-order valence-corrected chi connectivity index (χ2v) is 18.2. The average molecular weight is 847 g/mol. The summed E-state index contributed by atoms with van der Waals surface area (Å²) in [4.78, 5) is 3.91. The highest BCUT2D eigenvalue weighted by Crippen LogP contribution is 2.50. The van der Waals surface area contributed by atoms with Crippen molar-refractivity contribution in [3.63, 3.8) is 0 Å². The van der Waals surface area contributed by atoms with Gasteiger partial charge in [0.25, 0.3) is 0 Å². The van der Waals surface area contributed by atoms with Crippen LogP contribution in [-0.4, -0.2) is 20.4 Å². The second kappa shape index (κ2) is 15.0. The minimum atomic E-state index is 0.0664. The Balaban J connectivity index is 1.29. The molecule has 314 valence electrons. The van der Waals surface area contributed by atoms with Gasteiger partial charge in [-0.05, 0) is 96.1 Å². The molecule has 12 aromatic rings. The lowest BCUT2D eigenvalue weighted by Gasteiger charge is -2.27. The first-order valence-electron chi connectivity index (χ1n) is 22.9. The zero-order valence-corrected chi connectivity index (χ0v) is 38.1. The second-order valence-electron chi connectivity index (χ2n) is 18.2. The van der Waals surface area contributed by atoms with Gasteiger partial charge in [-0.3, -0.25) is 0 Å². The number of fused-ring (bicyclic) bond motifs is 12. The number of hydrogen-bond donors (Lipinski definition) is 0. The molecule has 3 heterocycles. The molecule has 0 aliphatic rings. The van der Waals surface area contributed by atoms with Crippen molar-refractivity contribution >= 4 is 94.2 Å². The molecule has 0 spiro atoms. The number of aromatic nitrogens is 3. The molecule has 0 saturated heterocycles. The number of rotatable bonds is 6. The van der Waals surface area contributed by atoms with Gasteiger partial charge < -0.3 is 13.7 Å². The predicted molar refractivity (Wildman–Crippen MR) is 282 cm³/mol. The van der Waals surface area contributed by atoms with Crippen LogP contribution in [0, 0.1) is 48.1 Å². The summed E-state index contributed by atoms with van der Waals surface area (Å²) in [7, 11) is 0. The third kappa shape index (κ3) is 5.64. The highest BCUT2D eigenvalue weighted by molar-refractivity contribution is 6.97. The lowest BCUT2D eigenvalue weighted by atomic mass is 9.33. The minimum absolute atomic E-state index is 0.0664. The largest absolute Gasteiger partial charge is 0.310 e. The third-order valence-electron chi connectivity index (χ3n) is 14.4. The Bertz CT molecular complexity index is 3910. The maximum atomic E-state index is 8.05. The van der Waals surface area contributed by atoms with Gasteiger partial charge in [-0.25, -0.2) is 4.85 Å². The Labute approximate surface area is 385 Å². The van der Waals surface area contributed by atoms with E-state index >= 15 is 0 Å². The van der Waals surface area contributed by atoms with E-state index in [0.717, 1.165) is 39.1 Å². The number of benzene rings is 9. The maximum Gasteiger partial charge on any atom is 0.243 e. The van der Waals surface area contributed by atoms with Crippen LogP contribution in [0.4, 0.5) is 5.69 Å². The van der Waals surface area contributed by atoms with Crippen LogP contribution in [-0.2, 0) is 0 Å². The fraction of sp³-hybridized carbons (Fsp3) is 0.0984. The normalized spacial score (nSPS) is 11.8. The topological polar surface area (TPSA) is 19.1 Å². The van der Waals surface area contributed by atoms with E-state index in [0.29, 0.717) is 5.69 Å². The molecule has 3 aromatic heterocycles. The van der Waals surface area contributed by atoms with Gasteiger partial charge in [0.05, 0.1) is 39.7 Å². The van der Waals surface area contributed by atoms with Crippen molar-refractivity contribution in [2.45, 2.75) is 41.5 Å². The summed E-state index contributed by atoms with van der Waals surface area (Å²) < 4.78 is 7.47. The summed E-state index contributed by atoms with van der Waals surface area (Å²) in [6, 6.07) is 64.0. The summed E-state index contributed by atoms with van der Waals surface area (Å²) >= 11 is 0. The number of para-hydroxylation sites is 4. The van der Waals surface area contributed by atoms with Crippen LogP contribution >= 0.6 is 0 Å². The van der Waals surface area contributed by atoms with E-state index in [2.05, 4.69) is 218 Å². The van der Waals surface area contributed by atoms with Crippen LogP contribution in [0.25, 0.3) is 87.3 Å². The van der Waals surface area contributed by atoms with Crippen LogP contribution in [0.15, 0.2) is 176 Å². The molecule has 0 atom stereocenters. The molecule has 0 radical (unpaired) electrons. The highest BCUT2D eigenvalue weighted by atomic mass is 15.0. The fourth-order valence-electron chi connectivity index (χ4n) is 11.8. The van der Waals surface area contributed by atoms with Crippen molar-refractivity contribution in [3.8, 4) is 17.1 Å². The van der Waals surface area contributed by atoms with E-state index in [9.17, 15) is 0 Å². The monoisotopic (exact) mass is 846 g/mol. The van der Waals surface area contributed by atoms with Crippen molar-refractivity contribution in [2.24, 2.45) is 0 Å². The van der Waals surface area contributed by atoms with E-state index in [1.54, 1.807) is 0 Å². The maximum absolute atomic E-state index is 8.05. The summed E-state index contributed by atoms with van der Waals surface area (Å²) in [5.41, 5.74) is 22.6. The molecule has 0 saturated carbocycles. The van der Waals surface area contributed by atoms with Gasteiger partial charge in [0.2, 0.25) is 6.71 Å². The standard InChI is InChI=1S/C61H47BN4/c1-37-20-17-21-38(2)56(37)62(57-39(3)22-18-23-40(57)4)58-41(5)34-46(35-42(58)6)66-52-33-16-13-30-49(52)55-60-53(48-29-12-15-32-51(48)65(60)45-27-19-24-43(36-45)63-7)59-54(61(55)66)47-28-11-14-31-50(47)64(59)44-25-9-8-10-26-44/h8-36H,1-6H3. The molecular weight excluding hydrogens is 800 g/mol. The van der Waals surface area contributed by atoms with Crippen molar-refractivity contribution < 1.29 is 0 Å². The molecule has 0 aliphatic carbocycles. The molecule has 0 aliphatic heterocycles. The molecule has 5 heteroatoms. The van der Waals surface area contributed by atoms with E-state index in [1.165, 1.54) is 93.1 Å². The van der Waals surface area contributed by atoms with Crippen LogP contribution in [0.2, 0.25) is 0 Å². The first kappa shape index (κ1) is 39.5. The summed E-state index contributed by atoms with van der Waals surface area (Å²) in [6.45, 7) is 21.9. The van der Waals surface area contributed by atoms with Crippen LogP contribution < -0.4 is 16.4 Å². The van der Waals surface area contributed by atoms with E-state index in [1.807, 2.05) is 18.2 Å². The lowest BCUT2D eigenvalue weighted by Crippen LogP contribution is -2.57. The van der Waals surface area contributed by atoms with Gasteiger partial charge in [0, 0.05) is 49.4 Å². The molecule has 9 aromatic carbocycles. The molecule has 4 nitrogen and oxygen atoms in total. The fourth-order valence-corrected chi connectivity index (χ4v) is 11.8. The molecule has 12 rings (SSSR count). The highest BCUT2D eigenvalue weighted by Gasteiger charge is 2.32. The zero-order valence-electron chi connectivity index (χ0n) is 38.1. The first-order chi connectivity index (χ1) is 32.2. The van der Waals surface area contributed by atoms with Crippen molar-refractivity contribution in [1.82, 2.24) is 13.7 Å². The summed E-state index contributed by atoms with van der Waals surface area (Å²) in [6.07, 6.45) is 0. The molecule has 0 unspecified atom stereocenters. The molecule has 0 bridgehead atoms. The van der Waals surface area contributed by atoms with Crippen molar-refractivity contribution in [3.05, 3.63) is 221 Å². The predicted octanol–water partition coefficient (Wildman–Crippen LogP) is 13.9. The molecule has 0 amide bonds. The minimum Gasteiger partial charge on any atom is -0.310 e. The van der Waals surface area contributed by atoms with E-state index < -0.39 is 0 Å². The van der Waals surface area contributed by atoms with Crippen LogP contribution in [0.1, 0.15) is 33.4 Å². The van der Waals surface area contributed by atoms with Gasteiger partial charge in [-0.1, -0.05) is 171 Å². The molecular formula is C61H47BN4. The Morgan fingerprint density at radius 2 is 0.712 bits per heavy atom. The van der Waals surface area contributed by atoms with Gasteiger partial charge in [-0.2, -0.15) is 0 Å². The molecule has 66 heavy (non-hydrogen) atoms. The van der Waals surface area contributed by atoms with Gasteiger partial charge >= 0.3 is 0 Å². The molecule has 0 fully saturated rings. The van der Waals surface area contributed by atoms with E-state index in [-0.39, 0.29) is 6.71 Å². The Morgan fingerprint density at radius 1 is 0.348 bits per heavy atom. The lowest BCUT2D eigenvalue weighted by molar-refractivity contribution is 1.16. The first-order valence-corrected chi connectivity index (χ1v) is 22.9. The zero-order chi connectivity index (χ0) is 45.0. The summed E-state index contributed by atoms with van der Waals surface area (Å²) in [5, 5.41) is 7.16. The third-order valence-corrected chi connectivity index (χ3v) is 14.4. The van der Waals surface area contributed by atoms with Gasteiger partial charge in [0.1, 0.15) is 0 Å². The Morgan fingerprint density at radius 3 is 1.17 bits per heavy atom. The Kier molecular flexibility index (Phi) is 8.99. The quantitative estimate of drug-likeness (QED) is 0.117. The van der Waals surface area contributed by atoms with Crippen molar-refractivity contribution in [2.75, 3.05) is 0 Å². The molecule has 0 N–H and O–H groups in total. The van der Waals surface area contributed by atoms with Gasteiger partial charge in [0.15, 0.2) is 5.69 Å². The SMILES string of the molecule is [C-]#[N+]c1cccc(-n2c3ccccc3c3c4c(c5ccccc5n4-c4ccccc4)c4c(c5ccccc5n4-c4cc(C)c(B(c5c(C)cccc5C)c5c(C)cccc5C)c(C)c4)c32)c1. The van der Waals surface area contributed by atoms with Crippen LogP contribution in [0.3, 0.4) is 0 Å². The summed E-state index contributed by atoms with van der Waals surface area (Å²) in [5.74, 6) is 0. The van der Waals surface area contributed by atoms with Gasteiger partial charge in [-0.15, -0.1) is 0 Å². The average Bonchev–Trinajstić information content (AvgIpc) is 3.97. The van der Waals surface area contributed by atoms with E-state index in [4.69, 9.17) is 6.57 Å². The number of hydrogen-bond acceptors (Lipinski definition) is 0. The Hall–Kier alpha value is -8.07. The smallest absolute Gasteiger partial charge is 0.243 e. The number of aryl methyl sites for hydroxylation is 6. The van der Waals surface area contributed by atoms with Crippen molar-refractivity contribution in [1.29, 1.82) is 0 Å². The number of nitrogens with zero attached hydrogens (tertiary/aromatic N) is 4. The van der Waals surface area contributed by atoms with Crippen LogP contribution in [0.5, 0.6) is 0 Å².